The van der Waals surface area contributed by atoms with E-state index in [4.69, 9.17) is 0 Å². The second kappa shape index (κ2) is 2.10. The molecule has 0 unspecified atom stereocenters. The normalized spacial score (nSPS) is 26.0. The summed E-state index contributed by atoms with van der Waals surface area (Å²) in [5.41, 5.74) is 0. The van der Waals surface area contributed by atoms with Gasteiger partial charge in [-0.2, -0.15) is 0 Å². The van der Waals surface area contributed by atoms with E-state index in [1.165, 1.54) is 0 Å². The number of carbonyl (C=O) groups excluding carboxylic acids is 1. The maximum absolute atomic E-state index is 10.6. The molecule has 0 atom stereocenters. The van der Waals surface area contributed by atoms with Crippen LogP contribution in [0.4, 0.5) is 0 Å². The van der Waals surface area contributed by atoms with E-state index in [0.717, 1.165) is 6.42 Å². The Morgan fingerprint density at radius 3 is 2.22 bits per heavy atom. The Morgan fingerprint density at radius 2 is 1.89 bits per heavy atom. The summed E-state index contributed by atoms with van der Waals surface area (Å²) in [7, 11) is -3.30. The minimum absolute atomic E-state index is 0.0613. The molecule has 0 N–H and O–H groups in total. The van der Waals surface area contributed by atoms with Gasteiger partial charge in [0.15, 0.2) is 0 Å². The van der Waals surface area contributed by atoms with Gasteiger partial charge in [0, 0.05) is 6.42 Å². The molecule has 1 rings (SSSR count). The first-order valence-electron chi connectivity index (χ1n) is 2.88. The smallest absolute Gasteiger partial charge is 0.246 e. The summed E-state index contributed by atoms with van der Waals surface area (Å²) in [5.74, 6) is 0.0613. The Kier molecular flexibility index (Phi) is 1.57. The second-order valence-corrected chi connectivity index (χ2v) is 4.24. The number of carbonyl (C=O) groups is 1. The summed E-state index contributed by atoms with van der Waals surface area (Å²) >= 11 is 0. The minimum atomic E-state index is -3.30. The maximum atomic E-state index is 10.6. The Morgan fingerprint density at radius 1 is 1.22 bits per heavy atom. The predicted molar refractivity (Wildman–Crippen MR) is 32.6 cm³/mol. The van der Waals surface area contributed by atoms with Crippen LogP contribution in [-0.4, -0.2) is 19.3 Å². The van der Waals surface area contributed by atoms with Crippen molar-refractivity contribution in [1.29, 1.82) is 0 Å². The van der Waals surface area contributed by atoms with Gasteiger partial charge in [0.25, 0.3) is 0 Å². The first kappa shape index (κ1) is 6.74. The molecule has 9 heavy (non-hydrogen) atoms. The second-order valence-electron chi connectivity index (χ2n) is 2.15. The Bertz CT molecular complexity index is 214. The van der Waals surface area contributed by atoms with Gasteiger partial charge in [-0.05, 0) is 12.8 Å². The Labute approximate surface area is 54.0 Å². The van der Waals surface area contributed by atoms with Gasteiger partial charge in [-0.3, -0.25) is 4.79 Å². The fraction of sp³-hybridized carbons (Fsp3) is 0.800. The highest BCUT2D eigenvalue weighted by Crippen LogP contribution is 2.11. The van der Waals surface area contributed by atoms with Crippen LogP contribution in [-0.2, 0) is 14.6 Å². The first-order valence-corrected chi connectivity index (χ1v) is 4.54. The van der Waals surface area contributed by atoms with Gasteiger partial charge in [0.05, 0.1) is 5.75 Å². The van der Waals surface area contributed by atoms with E-state index in [0.29, 0.717) is 6.42 Å². The maximum Gasteiger partial charge on any atom is 0.246 e. The van der Waals surface area contributed by atoms with Crippen LogP contribution < -0.4 is 0 Å². The molecule has 0 amide bonds. The molecule has 0 aromatic carbocycles. The quantitative estimate of drug-likeness (QED) is 0.490. The molecule has 3 nitrogen and oxygen atoms in total. The number of hydrogen-bond acceptors (Lipinski definition) is 3. The van der Waals surface area contributed by atoms with Crippen LogP contribution in [0.1, 0.15) is 19.3 Å². The minimum Gasteiger partial charge on any atom is -0.282 e. The van der Waals surface area contributed by atoms with Crippen LogP contribution in [0.2, 0.25) is 0 Å². The largest absolute Gasteiger partial charge is 0.282 e. The molecule has 4 heteroatoms. The number of rotatable bonds is 0. The summed E-state index contributed by atoms with van der Waals surface area (Å²) in [6.07, 6.45) is 1.61. The van der Waals surface area contributed by atoms with Gasteiger partial charge in [-0.1, -0.05) is 0 Å². The van der Waals surface area contributed by atoms with Gasteiger partial charge in [-0.15, -0.1) is 0 Å². The molecule has 1 fully saturated rings. The molecular weight excluding hydrogens is 140 g/mol. The van der Waals surface area contributed by atoms with Crippen molar-refractivity contribution in [2.75, 3.05) is 5.75 Å². The highest BCUT2D eigenvalue weighted by atomic mass is 32.2. The van der Waals surface area contributed by atoms with Crippen molar-refractivity contribution >= 4 is 15.0 Å². The third-order valence-corrected chi connectivity index (χ3v) is 3.11. The number of sulfone groups is 1. The Balaban J connectivity index is 2.85. The lowest BCUT2D eigenvalue weighted by molar-refractivity contribution is -0.112. The average molecular weight is 148 g/mol. The summed E-state index contributed by atoms with van der Waals surface area (Å²) in [6.45, 7) is 0. The summed E-state index contributed by atoms with van der Waals surface area (Å²) in [6, 6.07) is 0. The third kappa shape index (κ3) is 1.30. The molecule has 0 spiro atoms. The fourth-order valence-corrected chi connectivity index (χ4v) is 2.10. The van der Waals surface area contributed by atoms with Crippen LogP contribution >= 0.6 is 0 Å². The van der Waals surface area contributed by atoms with Crippen molar-refractivity contribution in [2.45, 2.75) is 19.3 Å². The van der Waals surface area contributed by atoms with Crippen LogP contribution in [0, 0.1) is 0 Å². The van der Waals surface area contributed by atoms with E-state index < -0.39 is 15.0 Å². The van der Waals surface area contributed by atoms with Crippen molar-refractivity contribution < 1.29 is 13.2 Å². The van der Waals surface area contributed by atoms with Crippen LogP contribution in [0.25, 0.3) is 0 Å². The molecule has 0 aromatic rings. The lowest BCUT2D eigenvalue weighted by Gasteiger charge is -2.07. The molecule has 52 valence electrons. The van der Waals surface area contributed by atoms with Crippen LogP contribution in [0.15, 0.2) is 0 Å². The Hall–Kier alpha value is -0.380. The molecule has 0 saturated carbocycles. The predicted octanol–water partition coefficient (Wildman–Crippen LogP) is 0.112. The van der Waals surface area contributed by atoms with Crippen molar-refractivity contribution in [1.82, 2.24) is 0 Å². The zero-order valence-electron chi connectivity index (χ0n) is 4.96. The highest BCUT2D eigenvalue weighted by Gasteiger charge is 2.24. The topological polar surface area (TPSA) is 51.2 Å². The molecule has 1 aliphatic heterocycles. The molecular formula is C5H8O3S. The van der Waals surface area contributed by atoms with Crippen LogP contribution in [0.5, 0.6) is 0 Å². The van der Waals surface area contributed by atoms with E-state index in [-0.39, 0.29) is 12.2 Å². The molecule has 0 aliphatic carbocycles. The van der Waals surface area contributed by atoms with Crippen molar-refractivity contribution in [3.8, 4) is 0 Å². The van der Waals surface area contributed by atoms with Gasteiger partial charge >= 0.3 is 0 Å². The summed E-state index contributed by atoms with van der Waals surface area (Å²) in [5, 5.41) is -0.575. The monoisotopic (exact) mass is 148 g/mol. The van der Waals surface area contributed by atoms with Gasteiger partial charge in [-0.25, -0.2) is 8.42 Å². The van der Waals surface area contributed by atoms with Crippen molar-refractivity contribution in [3.63, 3.8) is 0 Å². The summed E-state index contributed by atoms with van der Waals surface area (Å²) < 4.78 is 21.3. The van der Waals surface area contributed by atoms with E-state index in [9.17, 15) is 13.2 Å². The summed E-state index contributed by atoms with van der Waals surface area (Å²) in [4.78, 5) is 10.5. The first-order chi connectivity index (χ1) is 4.13. The highest BCUT2D eigenvalue weighted by molar-refractivity contribution is 8.06. The molecule has 1 saturated heterocycles. The molecule has 1 heterocycles. The average Bonchev–Trinajstić information content (AvgIpc) is 1.77. The van der Waals surface area contributed by atoms with Crippen molar-refractivity contribution in [3.05, 3.63) is 0 Å². The van der Waals surface area contributed by atoms with Crippen molar-refractivity contribution in [2.24, 2.45) is 0 Å². The van der Waals surface area contributed by atoms with Gasteiger partial charge < -0.3 is 0 Å². The molecule has 0 aromatic heterocycles. The zero-order chi connectivity index (χ0) is 6.91. The molecule has 0 bridgehead atoms. The van der Waals surface area contributed by atoms with E-state index in [1.54, 1.807) is 0 Å². The third-order valence-electron chi connectivity index (χ3n) is 1.39. The van der Waals surface area contributed by atoms with E-state index in [1.807, 2.05) is 0 Å². The SMILES string of the molecule is O=C1CCCCS1(=O)=O. The van der Waals surface area contributed by atoms with E-state index >= 15 is 0 Å². The van der Waals surface area contributed by atoms with E-state index in [2.05, 4.69) is 0 Å². The molecule has 1 aliphatic rings. The standard InChI is InChI=1S/C5H8O3S/c6-5-3-1-2-4-9(5,7)8/h1-4H2. The lowest BCUT2D eigenvalue weighted by Crippen LogP contribution is -2.22. The molecule has 0 radical (unpaired) electrons. The fourth-order valence-electron chi connectivity index (χ4n) is 0.831. The zero-order valence-corrected chi connectivity index (χ0v) is 5.78. The van der Waals surface area contributed by atoms with Crippen LogP contribution in [0.3, 0.4) is 0 Å². The lowest BCUT2D eigenvalue weighted by atomic mass is 10.3. The van der Waals surface area contributed by atoms with Gasteiger partial charge in [0.1, 0.15) is 0 Å². The number of hydrogen-bond donors (Lipinski definition) is 0. The van der Waals surface area contributed by atoms with Gasteiger partial charge in [0.2, 0.25) is 15.0 Å².